The Balaban J connectivity index is 1.52. The van der Waals surface area contributed by atoms with E-state index in [1.54, 1.807) is 0 Å². The zero-order valence-electron chi connectivity index (χ0n) is 14.3. The summed E-state index contributed by atoms with van der Waals surface area (Å²) in [5.41, 5.74) is 1.74. The molecule has 0 saturated heterocycles. The molecule has 2 aromatic rings. The number of halogens is 2. The lowest BCUT2D eigenvalue weighted by molar-refractivity contribution is -0.118. The van der Waals surface area contributed by atoms with Gasteiger partial charge in [0.25, 0.3) is 5.91 Å². The van der Waals surface area contributed by atoms with Crippen molar-refractivity contribution in [1.82, 2.24) is 0 Å². The first-order chi connectivity index (χ1) is 12.5. The first-order valence-corrected chi connectivity index (χ1v) is 9.49. The maximum Gasteiger partial charge on any atom is 0.262 e. The Morgan fingerprint density at radius 2 is 1.69 bits per heavy atom. The second-order valence-electron chi connectivity index (χ2n) is 6.53. The number of amides is 1. The van der Waals surface area contributed by atoms with Crippen LogP contribution >= 0.6 is 23.2 Å². The number of phenols is 1. The van der Waals surface area contributed by atoms with Gasteiger partial charge in [-0.2, -0.15) is 0 Å². The lowest BCUT2D eigenvalue weighted by atomic mass is 9.84. The van der Waals surface area contributed by atoms with E-state index in [1.165, 1.54) is 49.8 Å². The van der Waals surface area contributed by atoms with Crippen molar-refractivity contribution in [3.63, 3.8) is 0 Å². The zero-order valence-corrected chi connectivity index (χ0v) is 15.8. The molecule has 26 heavy (non-hydrogen) atoms. The van der Waals surface area contributed by atoms with Crippen molar-refractivity contribution < 1.29 is 14.6 Å². The van der Waals surface area contributed by atoms with E-state index < -0.39 is 0 Å². The van der Waals surface area contributed by atoms with Crippen LogP contribution < -0.4 is 10.1 Å². The third-order valence-corrected chi connectivity index (χ3v) is 5.20. The summed E-state index contributed by atoms with van der Waals surface area (Å²) in [7, 11) is 0. The lowest BCUT2D eigenvalue weighted by Crippen LogP contribution is -2.20. The van der Waals surface area contributed by atoms with E-state index in [2.05, 4.69) is 17.4 Å². The van der Waals surface area contributed by atoms with Gasteiger partial charge in [0.05, 0.1) is 10.0 Å². The number of nitrogens with one attached hydrogen (secondary N) is 1. The van der Waals surface area contributed by atoms with Gasteiger partial charge in [0, 0.05) is 5.69 Å². The molecule has 0 aliphatic heterocycles. The predicted octanol–water partition coefficient (Wildman–Crippen LogP) is 5.76. The molecule has 1 fully saturated rings. The van der Waals surface area contributed by atoms with Crippen molar-refractivity contribution in [2.45, 2.75) is 38.0 Å². The van der Waals surface area contributed by atoms with Crippen molar-refractivity contribution >= 4 is 34.8 Å². The average Bonchev–Trinajstić information content (AvgIpc) is 2.65. The minimum absolute atomic E-state index is 0.0759. The SMILES string of the molecule is O=C(COc1ccc(C2CCCCC2)cc1)Nc1cc(Cl)c(O)c(Cl)c1. The van der Waals surface area contributed by atoms with Crippen LogP contribution in [0.15, 0.2) is 36.4 Å². The summed E-state index contributed by atoms with van der Waals surface area (Å²) in [6.07, 6.45) is 6.44. The highest BCUT2D eigenvalue weighted by molar-refractivity contribution is 6.37. The van der Waals surface area contributed by atoms with Crippen molar-refractivity contribution in [3.8, 4) is 11.5 Å². The fourth-order valence-corrected chi connectivity index (χ4v) is 3.74. The smallest absolute Gasteiger partial charge is 0.262 e. The van der Waals surface area contributed by atoms with Gasteiger partial charge in [-0.05, 0) is 48.6 Å². The summed E-state index contributed by atoms with van der Waals surface area (Å²) in [5, 5.41) is 12.3. The maximum atomic E-state index is 12.0. The molecule has 1 aliphatic rings. The number of hydrogen-bond acceptors (Lipinski definition) is 3. The molecule has 1 aliphatic carbocycles. The Morgan fingerprint density at radius 3 is 2.31 bits per heavy atom. The summed E-state index contributed by atoms with van der Waals surface area (Å²) in [5.74, 6) is 0.756. The van der Waals surface area contributed by atoms with Gasteiger partial charge in [-0.15, -0.1) is 0 Å². The second-order valence-corrected chi connectivity index (χ2v) is 7.34. The summed E-state index contributed by atoms with van der Waals surface area (Å²) in [4.78, 5) is 12.0. The minimum Gasteiger partial charge on any atom is -0.505 e. The molecule has 4 nitrogen and oxygen atoms in total. The topological polar surface area (TPSA) is 58.6 Å². The van der Waals surface area contributed by atoms with Crippen LogP contribution in [0.3, 0.4) is 0 Å². The largest absolute Gasteiger partial charge is 0.505 e. The average molecular weight is 394 g/mol. The molecule has 0 aromatic heterocycles. The van der Waals surface area contributed by atoms with Gasteiger partial charge in [0.1, 0.15) is 5.75 Å². The summed E-state index contributed by atoms with van der Waals surface area (Å²) in [6.45, 7) is -0.126. The Kier molecular flexibility index (Phi) is 6.28. The van der Waals surface area contributed by atoms with E-state index in [9.17, 15) is 9.90 Å². The van der Waals surface area contributed by atoms with Crippen molar-refractivity contribution in [2.75, 3.05) is 11.9 Å². The van der Waals surface area contributed by atoms with Gasteiger partial charge in [0.15, 0.2) is 12.4 Å². The number of phenolic OH excluding ortho intramolecular Hbond substituents is 1. The van der Waals surface area contributed by atoms with Gasteiger partial charge in [0.2, 0.25) is 0 Å². The number of ether oxygens (including phenoxy) is 1. The van der Waals surface area contributed by atoms with E-state index in [-0.39, 0.29) is 28.3 Å². The van der Waals surface area contributed by atoms with Crippen LogP contribution in [0.5, 0.6) is 11.5 Å². The molecule has 0 unspecified atom stereocenters. The van der Waals surface area contributed by atoms with E-state index in [1.807, 2.05) is 12.1 Å². The standard InChI is InChI=1S/C20H21Cl2NO3/c21-17-10-15(11-18(22)20(17)25)23-19(24)12-26-16-8-6-14(7-9-16)13-4-2-1-3-5-13/h6-11,13,25H,1-5,12H2,(H,23,24). The monoisotopic (exact) mass is 393 g/mol. The molecule has 2 aromatic carbocycles. The number of rotatable bonds is 5. The number of aromatic hydroxyl groups is 1. The fourth-order valence-electron chi connectivity index (χ4n) is 3.26. The maximum absolute atomic E-state index is 12.0. The van der Waals surface area contributed by atoms with Gasteiger partial charge in [-0.25, -0.2) is 0 Å². The van der Waals surface area contributed by atoms with Crippen LogP contribution in [0.1, 0.15) is 43.6 Å². The van der Waals surface area contributed by atoms with Gasteiger partial charge < -0.3 is 15.2 Å². The summed E-state index contributed by atoms with van der Waals surface area (Å²) in [6, 6.07) is 10.8. The van der Waals surface area contributed by atoms with Crippen LogP contribution in [0.25, 0.3) is 0 Å². The molecule has 1 amide bonds. The van der Waals surface area contributed by atoms with Gasteiger partial charge in [-0.1, -0.05) is 54.6 Å². The molecule has 138 valence electrons. The van der Waals surface area contributed by atoms with E-state index in [4.69, 9.17) is 27.9 Å². The number of benzene rings is 2. The molecular formula is C20H21Cl2NO3. The lowest BCUT2D eigenvalue weighted by Gasteiger charge is -2.22. The van der Waals surface area contributed by atoms with Gasteiger partial charge in [-0.3, -0.25) is 4.79 Å². The van der Waals surface area contributed by atoms with Crippen LogP contribution in [-0.4, -0.2) is 17.6 Å². The third-order valence-electron chi connectivity index (χ3n) is 4.63. The molecule has 2 N–H and O–H groups in total. The molecule has 3 rings (SSSR count). The van der Waals surface area contributed by atoms with Crippen LogP contribution in [0.4, 0.5) is 5.69 Å². The van der Waals surface area contributed by atoms with Crippen molar-refractivity contribution in [1.29, 1.82) is 0 Å². The first-order valence-electron chi connectivity index (χ1n) is 8.73. The summed E-state index contributed by atoms with van der Waals surface area (Å²) >= 11 is 11.7. The highest BCUT2D eigenvalue weighted by Crippen LogP contribution is 2.35. The highest BCUT2D eigenvalue weighted by atomic mass is 35.5. The quantitative estimate of drug-likeness (QED) is 0.634. The normalized spacial score (nSPS) is 14.8. The molecule has 0 heterocycles. The van der Waals surface area contributed by atoms with Crippen LogP contribution in [-0.2, 0) is 4.79 Å². The van der Waals surface area contributed by atoms with E-state index in [0.717, 1.165) is 0 Å². The van der Waals surface area contributed by atoms with E-state index >= 15 is 0 Å². The van der Waals surface area contributed by atoms with Crippen LogP contribution in [0.2, 0.25) is 10.0 Å². The molecule has 1 saturated carbocycles. The molecular weight excluding hydrogens is 373 g/mol. The van der Waals surface area contributed by atoms with E-state index in [0.29, 0.717) is 17.4 Å². The predicted molar refractivity (Wildman–Crippen MR) is 105 cm³/mol. The Labute approximate surface area is 163 Å². The molecule has 0 spiro atoms. The molecule has 0 bridgehead atoms. The third kappa shape index (κ3) is 4.83. The number of anilines is 1. The van der Waals surface area contributed by atoms with Gasteiger partial charge >= 0.3 is 0 Å². The van der Waals surface area contributed by atoms with Crippen molar-refractivity contribution in [2.24, 2.45) is 0 Å². The number of hydrogen-bond donors (Lipinski definition) is 2. The Bertz CT molecular complexity index is 748. The number of carbonyl (C=O) groups excluding carboxylic acids is 1. The van der Waals surface area contributed by atoms with Crippen LogP contribution in [0, 0.1) is 0 Å². The highest BCUT2D eigenvalue weighted by Gasteiger charge is 2.15. The van der Waals surface area contributed by atoms with Crippen molar-refractivity contribution in [3.05, 3.63) is 52.0 Å². The molecule has 0 radical (unpaired) electrons. The minimum atomic E-state index is -0.334. The molecule has 6 heteroatoms. The first kappa shape index (κ1) is 18.9. The Hall–Kier alpha value is -1.91. The fraction of sp³-hybridized carbons (Fsp3) is 0.350. The molecule has 0 atom stereocenters. The second kappa shape index (κ2) is 8.65. The summed E-state index contributed by atoms with van der Waals surface area (Å²) < 4.78 is 5.54. The Morgan fingerprint density at radius 1 is 1.08 bits per heavy atom. The number of carbonyl (C=O) groups is 1. The zero-order chi connectivity index (χ0) is 18.5.